The van der Waals surface area contributed by atoms with Crippen molar-refractivity contribution in [3.05, 3.63) is 0 Å². The molecule has 0 saturated heterocycles. The van der Waals surface area contributed by atoms with Gasteiger partial charge in [0.1, 0.15) is 0 Å². The summed E-state index contributed by atoms with van der Waals surface area (Å²) in [5.74, 6) is 0.507. The molecule has 0 aromatic carbocycles. The van der Waals surface area contributed by atoms with E-state index in [1.54, 1.807) is 0 Å². The molecule has 102 valence electrons. The number of hydrogen-bond donors (Lipinski definition) is 3. The Kier molecular flexibility index (Phi) is 8.11. The number of amides is 1. The summed E-state index contributed by atoms with van der Waals surface area (Å²) in [6, 6.07) is 0. The van der Waals surface area contributed by atoms with Gasteiger partial charge in [-0.3, -0.25) is 4.79 Å². The van der Waals surface area contributed by atoms with Crippen molar-refractivity contribution in [3.63, 3.8) is 0 Å². The summed E-state index contributed by atoms with van der Waals surface area (Å²) in [5.41, 5.74) is 0. The highest BCUT2D eigenvalue weighted by Crippen LogP contribution is 1.95. The fourth-order valence-corrected chi connectivity index (χ4v) is 1.56. The Morgan fingerprint density at radius 2 is 1.82 bits per heavy atom. The molecule has 17 heavy (non-hydrogen) atoms. The zero-order valence-electron chi connectivity index (χ0n) is 10.7. The van der Waals surface area contributed by atoms with Crippen molar-refractivity contribution in [1.29, 1.82) is 0 Å². The first-order valence-electron chi connectivity index (χ1n) is 5.73. The molecule has 0 aliphatic rings. The molecule has 0 heterocycles. The van der Waals surface area contributed by atoms with Crippen LogP contribution in [0.25, 0.3) is 0 Å². The normalized spacial score (nSPS) is 11.8. The maximum atomic E-state index is 11.3. The third-order valence-electron chi connectivity index (χ3n) is 2.00. The van der Waals surface area contributed by atoms with E-state index in [1.807, 2.05) is 0 Å². The van der Waals surface area contributed by atoms with Crippen LogP contribution in [0.3, 0.4) is 0 Å². The zero-order chi connectivity index (χ0) is 13.3. The molecule has 0 radical (unpaired) electrons. The van der Waals surface area contributed by atoms with Gasteiger partial charge < -0.3 is 10.6 Å². The van der Waals surface area contributed by atoms with E-state index in [1.165, 1.54) is 0 Å². The molecule has 0 aromatic rings. The van der Waals surface area contributed by atoms with Gasteiger partial charge in [0.15, 0.2) is 0 Å². The predicted molar refractivity (Wildman–Crippen MR) is 68.2 cm³/mol. The molecule has 0 atom stereocenters. The second-order valence-electron chi connectivity index (χ2n) is 4.38. The average molecular weight is 265 g/mol. The summed E-state index contributed by atoms with van der Waals surface area (Å²) in [7, 11) is -3.14. The molecular formula is C10H23N3O3S. The summed E-state index contributed by atoms with van der Waals surface area (Å²) < 4.78 is 23.8. The SMILES string of the molecule is CC(C)CCNC(=O)CNCCNS(C)(=O)=O. The average Bonchev–Trinajstić information content (AvgIpc) is 2.14. The first kappa shape index (κ1) is 16.3. The van der Waals surface area contributed by atoms with Gasteiger partial charge in [-0.2, -0.15) is 0 Å². The highest BCUT2D eigenvalue weighted by atomic mass is 32.2. The second kappa shape index (κ2) is 8.43. The maximum Gasteiger partial charge on any atom is 0.233 e. The minimum Gasteiger partial charge on any atom is -0.355 e. The molecule has 3 N–H and O–H groups in total. The lowest BCUT2D eigenvalue weighted by Crippen LogP contribution is -2.38. The van der Waals surface area contributed by atoms with Crippen LogP contribution in [-0.4, -0.2) is 46.8 Å². The largest absolute Gasteiger partial charge is 0.355 e. The molecule has 0 unspecified atom stereocenters. The summed E-state index contributed by atoms with van der Waals surface area (Å²) in [5, 5.41) is 5.64. The van der Waals surface area contributed by atoms with Gasteiger partial charge in [-0.25, -0.2) is 13.1 Å². The van der Waals surface area contributed by atoms with Gasteiger partial charge in [0.25, 0.3) is 0 Å². The van der Waals surface area contributed by atoms with Crippen LogP contribution in [0, 0.1) is 5.92 Å². The molecular weight excluding hydrogens is 242 g/mol. The maximum absolute atomic E-state index is 11.3. The highest BCUT2D eigenvalue weighted by Gasteiger charge is 2.02. The monoisotopic (exact) mass is 265 g/mol. The van der Waals surface area contributed by atoms with Gasteiger partial charge in [0.2, 0.25) is 15.9 Å². The number of sulfonamides is 1. The van der Waals surface area contributed by atoms with E-state index in [2.05, 4.69) is 29.2 Å². The lowest BCUT2D eigenvalue weighted by Gasteiger charge is -2.08. The number of carbonyl (C=O) groups excluding carboxylic acids is 1. The van der Waals surface area contributed by atoms with Crippen LogP contribution in [0.15, 0.2) is 0 Å². The van der Waals surface area contributed by atoms with Crippen LogP contribution < -0.4 is 15.4 Å². The minimum atomic E-state index is -3.14. The standard InChI is InChI=1S/C10H23N3O3S/c1-9(2)4-5-12-10(14)8-11-6-7-13-17(3,15)16/h9,11,13H,4-8H2,1-3H3,(H,12,14). The molecule has 0 saturated carbocycles. The molecule has 1 amide bonds. The summed E-state index contributed by atoms with van der Waals surface area (Å²) in [6.45, 7) is 5.81. The van der Waals surface area contributed by atoms with Gasteiger partial charge in [0.05, 0.1) is 12.8 Å². The van der Waals surface area contributed by atoms with Crippen molar-refractivity contribution in [2.45, 2.75) is 20.3 Å². The van der Waals surface area contributed by atoms with Gasteiger partial charge >= 0.3 is 0 Å². The number of rotatable bonds is 9. The van der Waals surface area contributed by atoms with Crippen LogP contribution in [0.4, 0.5) is 0 Å². The molecule has 0 rings (SSSR count). The Balaban J connectivity index is 3.40. The lowest BCUT2D eigenvalue weighted by atomic mass is 10.1. The molecule has 7 heteroatoms. The van der Waals surface area contributed by atoms with Crippen molar-refractivity contribution in [1.82, 2.24) is 15.4 Å². The summed E-state index contributed by atoms with van der Waals surface area (Å²) >= 11 is 0. The third kappa shape index (κ3) is 13.3. The van der Waals surface area contributed by atoms with E-state index in [0.717, 1.165) is 12.7 Å². The molecule has 0 aliphatic carbocycles. The Labute approximate surface area is 104 Å². The molecule has 0 fully saturated rings. The van der Waals surface area contributed by atoms with Gasteiger partial charge in [0, 0.05) is 19.6 Å². The predicted octanol–water partition coefficient (Wildman–Crippen LogP) is -0.712. The van der Waals surface area contributed by atoms with Gasteiger partial charge in [-0.1, -0.05) is 13.8 Å². The Hall–Kier alpha value is -0.660. The zero-order valence-corrected chi connectivity index (χ0v) is 11.6. The minimum absolute atomic E-state index is 0.0648. The number of nitrogens with one attached hydrogen (secondary N) is 3. The van der Waals surface area contributed by atoms with E-state index in [4.69, 9.17) is 0 Å². The van der Waals surface area contributed by atoms with Crippen LogP contribution in [-0.2, 0) is 14.8 Å². The van der Waals surface area contributed by atoms with E-state index in [0.29, 0.717) is 19.0 Å². The van der Waals surface area contributed by atoms with Crippen LogP contribution in [0.2, 0.25) is 0 Å². The topological polar surface area (TPSA) is 87.3 Å². The first-order chi connectivity index (χ1) is 7.81. The smallest absolute Gasteiger partial charge is 0.233 e. The van der Waals surface area contributed by atoms with Crippen LogP contribution in [0.5, 0.6) is 0 Å². The van der Waals surface area contributed by atoms with E-state index in [9.17, 15) is 13.2 Å². The summed E-state index contributed by atoms with van der Waals surface area (Å²) in [4.78, 5) is 11.3. The van der Waals surface area contributed by atoms with Crippen LogP contribution >= 0.6 is 0 Å². The molecule has 0 bridgehead atoms. The van der Waals surface area contributed by atoms with Crippen molar-refractivity contribution >= 4 is 15.9 Å². The lowest BCUT2D eigenvalue weighted by molar-refractivity contribution is -0.120. The number of carbonyl (C=O) groups is 1. The summed E-state index contributed by atoms with van der Waals surface area (Å²) in [6.07, 6.45) is 2.06. The van der Waals surface area contributed by atoms with E-state index >= 15 is 0 Å². The molecule has 0 aromatic heterocycles. The second-order valence-corrected chi connectivity index (χ2v) is 6.21. The highest BCUT2D eigenvalue weighted by molar-refractivity contribution is 7.88. The Morgan fingerprint density at radius 1 is 1.18 bits per heavy atom. The van der Waals surface area contributed by atoms with E-state index in [-0.39, 0.29) is 19.0 Å². The van der Waals surface area contributed by atoms with E-state index < -0.39 is 10.0 Å². The van der Waals surface area contributed by atoms with Crippen molar-refractivity contribution < 1.29 is 13.2 Å². The molecule has 6 nitrogen and oxygen atoms in total. The Morgan fingerprint density at radius 3 is 2.35 bits per heavy atom. The van der Waals surface area contributed by atoms with Gasteiger partial charge in [-0.15, -0.1) is 0 Å². The fraction of sp³-hybridized carbons (Fsp3) is 0.900. The molecule has 0 spiro atoms. The van der Waals surface area contributed by atoms with Crippen molar-refractivity contribution in [2.24, 2.45) is 5.92 Å². The third-order valence-corrected chi connectivity index (χ3v) is 2.72. The molecule has 0 aliphatic heterocycles. The quantitative estimate of drug-likeness (QED) is 0.481. The Bertz CT molecular complexity index is 315. The number of hydrogen-bond acceptors (Lipinski definition) is 4. The van der Waals surface area contributed by atoms with Crippen molar-refractivity contribution in [2.75, 3.05) is 32.4 Å². The van der Waals surface area contributed by atoms with Crippen LogP contribution in [0.1, 0.15) is 20.3 Å². The fourth-order valence-electron chi connectivity index (χ4n) is 1.09. The first-order valence-corrected chi connectivity index (χ1v) is 7.62. The van der Waals surface area contributed by atoms with Crippen molar-refractivity contribution in [3.8, 4) is 0 Å². The van der Waals surface area contributed by atoms with Gasteiger partial charge in [-0.05, 0) is 12.3 Å².